The van der Waals surface area contributed by atoms with Crippen LogP contribution in [0.25, 0.3) is 0 Å². The molecule has 0 bridgehead atoms. The first kappa shape index (κ1) is 14.7. The second-order valence-electron chi connectivity index (χ2n) is 3.61. The van der Waals surface area contributed by atoms with Crippen LogP contribution in [0.5, 0.6) is 17.2 Å². The topological polar surface area (TPSA) is 55.1 Å². The Hall–Kier alpha value is -1.67. The maximum Gasteiger partial charge on any atom is 0.150 e. The molecule has 20 heavy (non-hydrogen) atoms. The molecule has 0 atom stereocenters. The van der Waals surface area contributed by atoms with Crippen LogP contribution in [0.15, 0.2) is 24.4 Å². The molecule has 1 aromatic carbocycles. The molecule has 1 heterocycles. The average Bonchev–Trinajstić information content (AvgIpc) is 2.42. The first-order chi connectivity index (χ1) is 9.56. The van der Waals surface area contributed by atoms with E-state index in [4.69, 9.17) is 49.5 Å². The minimum Gasteiger partial charge on any atom is -0.495 e. The van der Waals surface area contributed by atoms with Crippen molar-refractivity contribution in [3.8, 4) is 23.3 Å². The highest BCUT2D eigenvalue weighted by atomic mass is 35.5. The molecule has 0 saturated heterocycles. The lowest BCUT2D eigenvalue weighted by Crippen LogP contribution is -1.93. The minimum atomic E-state index is 0.0575. The van der Waals surface area contributed by atoms with Crippen molar-refractivity contribution in [3.05, 3.63) is 45.2 Å². The highest BCUT2D eigenvalue weighted by Crippen LogP contribution is 2.39. The van der Waals surface area contributed by atoms with Gasteiger partial charge >= 0.3 is 0 Å². The Kier molecular flexibility index (Phi) is 4.56. The molecular formula is C13H7Cl3N2O2. The Morgan fingerprint density at radius 3 is 2.45 bits per heavy atom. The van der Waals surface area contributed by atoms with Gasteiger partial charge in [0, 0.05) is 18.3 Å². The van der Waals surface area contributed by atoms with Crippen LogP contribution in [-0.4, -0.2) is 12.1 Å². The number of benzene rings is 1. The second-order valence-corrected chi connectivity index (χ2v) is 4.78. The normalized spacial score (nSPS) is 9.95. The molecule has 2 rings (SSSR count). The monoisotopic (exact) mass is 328 g/mol. The molecule has 0 fully saturated rings. The molecule has 0 spiro atoms. The Labute approximate surface area is 130 Å². The number of rotatable bonds is 3. The molecule has 0 aliphatic carbocycles. The van der Waals surface area contributed by atoms with Crippen LogP contribution >= 0.6 is 34.8 Å². The molecular weight excluding hydrogens is 323 g/mol. The second kappa shape index (κ2) is 6.19. The van der Waals surface area contributed by atoms with Crippen molar-refractivity contribution < 1.29 is 9.47 Å². The van der Waals surface area contributed by atoms with E-state index in [9.17, 15) is 0 Å². The first-order valence-electron chi connectivity index (χ1n) is 5.32. The van der Waals surface area contributed by atoms with Gasteiger partial charge in [-0.3, -0.25) is 0 Å². The van der Waals surface area contributed by atoms with E-state index in [1.807, 2.05) is 6.07 Å². The third-order valence-electron chi connectivity index (χ3n) is 2.40. The minimum absolute atomic E-state index is 0.0575. The summed E-state index contributed by atoms with van der Waals surface area (Å²) in [6, 6.07) is 6.46. The summed E-state index contributed by atoms with van der Waals surface area (Å²) in [7, 11) is 1.48. The Morgan fingerprint density at radius 1 is 1.10 bits per heavy atom. The van der Waals surface area contributed by atoms with Crippen molar-refractivity contribution in [1.29, 1.82) is 5.26 Å². The maximum absolute atomic E-state index is 9.06. The number of pyridine rings is 1. The summed E-state index contributed by atoms with van der Waals surface area (Å²) in [6.45, 7) is 0. The number of aromatic nitrogens is 1. The van der Waals surface area contributed by atoms with Crippen LogP contribution in [0.4, 0.5) is 0 Å². The van der Waals surface area contributed by atoms with Gasteiger partial charge in [-0.2, -0.15) is 5.26 Å². The lowest BCUT2D eigenvalue weighted by molar-refractivity contribution is 0.409. The Balaban J connectivity index is 2.46. The van der Waals surface area contributed by atoms with Crippen LogP contribution in [-0.2, 0) is 0 Å². The predicted molar refractivity (Wildman–Crippen MR) is 77.1 cm³/mol. The van der Waals surface area contributed by atoms with Gasteiger partial charge in [0.25, 0.3) is 0 Å². The lowest BCUT2D eigenvalue weighted by atomic mass is 10.2. The van der Waals surface area contributed by atoms with E-state index < -0.39 is 0 Å². The van der Waals surface area contributed by atoms with E-state index in [1.165, 1.54) is 31.5 Å². The number of nitriles is 1. The fourth-order valence-corrected chi connectivity index (χ4v) is 2.16. The van der Waals surface area contributed by atoms with E-state index in [-0.39, 0.29) is 21.5 Å². The van der Waals surface area contributed by atoms with Gasteiger partial charge in [-0.25, -0.2) is 4.98 Å². The van der Waals surface area contributed by atoms with Gasteiger partial charge in [0.1, 0.15) is 28.9 Å². The quantitative estimate of drug-likeness (QED) is 0.765. The fourth-order valence-electron chi connectivity index (χ4n) is 1.47. The zero-order valence-electron chi connectivity index (χ0n) is 10.2. The molecule has 0 radical (unpaired) electrons. The summed E-state index contributed by atoms with van der Waals surface area (Å²) < 4.78 is 10.7. The lowest BCUT2D eigenvalue weighted by Gasteiger charge is -2.11. The van der Waals surface area contributed by atoms with Crippen molar-refractivity contribution >= 4 is 34.8 Å². The predicted octanol–water partition coefficient (Wildman–Crippen LogP) is 4.71. The van der Waals surface area contributed by atoms with Crippen molar-refractivity contribution in [1.82, 2.24) is 4.98 Å². The fraction of sp³-hybridized carbons (Fsp3) is 0.0769. The van der Waals surface area contributed by atoms with E-state index >= 15 is 0 Å². The average molecular weight is 330 g/mol. The van der Waals surface area contributed by atoms with Crippen LogP contribution in [0.1, 0.15) is 5.56 Å². The number of hydrogen-bond donors (Lipinski definition) is 0. The molecule has 1 aromatic heterocycles. The third kappa shape index (κ3) is 2.91. The number of halogens is 3. The summed E-state index contributed by atoms with van der Waals surface area (Å²) in [6.07, 6.45) is 1.43. The van der Waals surface area contributed by atoms with Crippen LogP contribution in [0.3, 0.4) is 0 Å². The van der Waals surface area contributed by atoms with Crippen LogP contribution < -0.4 is 9.47 Å². The molecule has 102 valence electrons. The zero-order chi connectivity index (χ0) is 14.7. The van der Waals surface area contributed by atoms with Crippen molar-refractivity contribution in [2.24, 2.45) is 0 Å². The number of ether oxygens (including phenoxy) is 2. The maximum atomic E-state index is 9.06. The SMILES string of the molecule is COc1cc(Oc2ccnc(Cl)c2C#N)c(Cl)cc1Cl. The van der Waals surface area contributed by atoms with E-state index in [0.717, 1.165) is 0 Å². The molecule has 0 aliphatic heterocycles. The molecule has 0 saturated carbocycles. The Morgan fingerprint density at radius 2 is 1.80 bits per heavy atom. The molecule has 2 aromatic rings. The zero-order valence-corrected chi connectivity index (χ0v) is 12.4. The third-order valence-corrected chi connectivity index (χ3v) is 3.28. The molecule has 0 N–H and O–H groups in total. The van der Waals surface area contributed by atoms with Gasteiger partial charge in [0.05, 0.1) is 17.2 Å². The van der Waals surface area contributed by atoms with Crippen molar-refractivity contribution in [2.45, 2.75) is 0 Å². The Bertz CT molecular complexity index is 699. The molecule has 0 amide bonds. The smallest absolute Gasteiger partial charge is 0.150 e. The van der Waals surface area contributed by atoms with Gasteiger partial charge < -0.3 is 9.47 Å². The van der Waals surface area contributed by atoms with E-state index in [2.05, 4.69) is 4.98 Å². The number of methoxy groups -OCH3 is 1. The van der Waals surface area contributed by atoms with E-state index in [1.54, 1.807) is 0 Å². The van der Waals surface area contributed by atoms with Gasteiger partial charge in [-0.15, -0.1) is 0 Å². The molecule has 0 aliphatic rings. The standard InChI is InChI=1S/C13H7Cl3N2O2/c1-19-11-5-12(9(15)4-8(11)14)20-10-2-3-18-13(16)7(10)6-17/h2-5H,1H3. The summed E-state index contributed by atoms with van der Waals surface area (Å²) in [5.74, 6) is 0.954. The van der Waals surface area contributed by atoms with Crippen molar-refractivity contribution in [3.63, 3.8) is 0 Å². The summed E-state index contributed by atoms with van der Waals surface area (Å²) in [5.41, 5.74) is 0.124. The van der Waals surface area contributed by atoms with Crippen LogP contribution in [0, 0.1) is 11.3 Å². The van der Waals surface area contributed by atoms with Gasteiger partial charge in [-0.1, -0.05) is 34.8 Å². The summed E-state index contributed by atoms with van der Waals surface area (Å²) in [5, 5.41) is 9.76. The van der Waals surface area contributed by atoms with Gasteiger partial charge in [0.2, 0.25) is 0 Å². The summed E-state index contributed by atoms with van der Waals surface area (Å²) in [4.78, 5) is 3.81. The van der Waals surface area contributed by atoms with Crippen molar-refractivity contribution in [2.75, 3.05) is 7.11 Å². The van der Waals surface area contributed by atoms with E-state index in [0.29, 0.717) is 16.5 Å². The molecule has 7 heteroatoms. The highest BCUT2D eigenvalue weighted by Gasteiger charge is 2.14. The summed E-state index contributed by atoms with van der Waals surface area (Å²) >= 11 is 17.8. The van der Waals surface area contributed by atoms with Crippen LogP contribution in [0.2, 0.25) is 15.2 Å². The number of hydrogen-bond acceptors (Lipinski definition) is 4. The molecule has 4 nitrogen and oxygen atoms in total. The first-order valence-corrected chi connectivity index (χ1v) is 6.45. The highest BCUT2D eigenvalue weighted by molar-refractivity contribution is 6.36. The van der Waals surface area contributed by atoms with Gasteiger partial charge in [0.15, 0.2) is 5.15 Å². The van der Waals surface area contributed by atoms with Gasteiger partial charge in [-0.05, 0) is 6.07 Å². The molecule has 0 unspecified atom stereocenters. The largest absolute Gasteiger partial charge is 0.495 e. The number of nitrogens with zero attached hydrogens (tertiary/aromatic N) is 2.